The van der Waals surface area contributed by atoms with Crippen LogP contribution >= 0.6 is 0 Å². The lowest BCUT2D eigenvalue weighted by Crippen LogP contribution is -2.33. The van der Waals surface area contributed by atoms with Crippen molar-refractivity contribution in [3.05, 3.63) is 36.3 Å². The molecule has 126 valence electrons. The smallest absolute Gasteiger partial charge is 0.147 e. The predicted molar refractivity (Wildman–Crippen MR) is 95.7 cm³/mol. The SMILES string of the molecule is Nc1ncc(NCC2CCCNC2)nc1C1CN=C2C=CC=CN21. The summed E-state index contributed by atoms with van der Waals surface area (Å²) >= 11 is 0. The van der Waals surface area contributed by atoms with Gasteiger partial charge in [-0.3, -0.25) is 4.99 Å². The maximum atomic E-state index is 6.10. The van der Waals surface area contributed by atoms with Crippen LogP contribution in [-0.2, 0) is 0 Å². The first kappa shape index (κ1) is 15.1. The molecule has 4 rings (SSSR count). The molecular formula is C17H23N7. The highest BCUT2D eigenvalue weighted by molar-refractivity contribution is 5.96. The molecule has 1 aromatic rings. The number of rotatable bonds is 4. The standard InChI is InChI=1S/C17H23N7/c18-17-16(13-10-21-15-5-1-2-7-24(13)15)23-14(11-22-17)20-9-12-4-3-6-19-8-12/h1-2,5,7,11-13,19H,3-4,6,8-10H2,(H2,18,22)(H,20,23). The van der Waals surface area contributed by atoms with Crippen LogP contribution in [0, 0.1) is 5.92 Å². The van der Waals surface area contributed by atoms with E-state index in [-0.39, 0.29) is 6.04 Å². The quantitative estimate of drug-likeness (QED) is 0.773. The van der Waals surface area contributed by atoms with E-state index in [1.54, 1.807) is 6.20 Å². The van der Waals surface area contributed by atoms with Gasteiger partial charge >= 0.3 is 0 Å². The van der Waals surface area contributed by atoms with Gasteiger partial charge in [-0.05, 0) is 44.0 Å². The maximum absolute atomic E-state index is 6.10. The lowest BCUT2D eigenvalue weighted by molar-refractivity contribution is 0.392. The van der Waals surface area contributed by atoms with Crippen molar-refractivity contribution in [1.82, 2.24) is 20.2 Å². The van der Waals surface area contributed by atoms with Crippen LogP contribution in [0.1, 0.15) is 24.6 Å². The van der Waals surface area contributed by atoms with Gasteiger partial charge in [0.05, 0.1) is 12.7 Å². The van der Waals surface area contributed by atoms with E-state index in [0.717, 1.165) is 37.0 Å². The molecule has 0 radical (unpaired) electrons. The Balaban J connectivity index is 1.47. The fraction of sp³-hybridized carbons (Fsp3) is 0.471. The molecule has 2 unspecified atom stereocenters. The summed E-state index contributed by atoms with van der Waals surface area (Å²) < 4.78 is 0. The van der Waals surface area contributed by atoms with Crippen LogP contribution in [0.25, 0.3) is 0 Å². The minimum Gasteiger partial charge on any atom is -0.382 e. The topological polar surface area (TPSA) is 91.5 Å². The Bertz CT molecular complexity index is 688. The number of aromatic nitrogens is 2. The summed E-state index contributed by atoms with van der Waals surface area (Å²) in [6.45, 7) is 3.75. The molecule has 0 saturated carbocycles. The largest absolute Gasteiger partial charge is 0.382 e. The summed E-state index contributed by atoms with van der Waals surface area (Å²) in [5.41, 5.74) is 6.89. The van der Waals surface area contributed by atoms with Crippen LogP contribution in [0.5, 0.6) is 0 Å². The van der Waals surface area contributed by atoms with Crippen LogP contribution in [0.4, 0.5) is 11.6 Å². The molecule has 4 heterocycles. The summed E-state index contributed by atoms with van der Waals surface area (Å²) in [7, 11) is 0. The third kappa shape index (κ3) is 2.99. The minimum atomic E-state index is 0.0202. The van der Waals surface area contributed by atoms with Crippen molar-refractivity contribution < 1.29 is 0 Å². The van der Waals surface area contributed by atoms with Crippen LogP contribution in [0.3, 0.4) is 0 Å². The third-order valence-electron chi connectivity index (χ3n) is 4.75. The van der Waals surface area contributed by atoms with E-state index >= 15 is 0 Å². The highest BCUT2D eigenvalue weighted by Gasteiger charge is 2.30. The molecule has 0 aromatic carbocycles. The summed E-state index contributed by atoms with van der Waals surface area (Å²) in [6.07, 6.45) is 12.2. The molecule has 0 aliphatic carbocycles. The molecule has 3 aliphatic rings. The van der Waals surface area contributed by atoms with Crippen LogP contribution in [-0.4, -0.2) is 46.9 Å². The summed E-state index contributed by atoms with van der Waals surface area (Å²) in [5.74, 6) is 2.85. The van der Waals surface area contributed by atoms with Gasteiger partial charge in [0.2, 0.25) is 0 Å². The van der Waals surface area contributed by atoms with E-state index in [9.17, 15) is 0 Å². The molecule has 2 atom stereocenters. The molecule has 0 amide bonds. The lowest BCUT2D eigenvalue weighted by atomic mass is 10.00. The van der Waals surface area contributed by atoms with Crippen molar-refractivity contribution in [3.63, 3.8) is 0 Å². The van der Waals surface area contributed by atoms with Crippen molar-refractivity contribution in [2.45, 2.75) is 18.9 Å². The number of fused-ring (bicyclic) bond motifs is 1. The number of hydrogen-bond donors (Lipinski definition) is 3. The number of aliphatic imine (C=N–C) groups is 1. The summed E-state index contributed by atoms with van der Waals surface area (Å²) in [6, 6.07) is 0.0202. The van der Waals surface area contributed by atoms with Crippen LogP contribution < -0.4 is 16.4 Å². The van der Waals surface area contributed by atoms with Gasteiger partial charge < -0.3 is 21.3 Å². The average molecular weight is 325 g/mol. The van der Waals surface area contributed by atoms with E-state index in [0.29, 0.717) is 18.3 Å². The third-order valence-corrected chi connectivity index (χ3v) is 4.75. The van der Waals surface area contributed by atoms with Gasteiger partial charge in [-0.1, -0.05) is 6.08 Å². The second-order valence-corrected chi connectivity index (χ2v) is 6.44. The first-order valence-corrected chi connectivity index (χ1v) is 8.56. The highest BCUT2D eigenvalue weighted by atomic mass is 15.3. The fourth-order valence-electron chi connectivity index (χ4n) is 3.42. The highest BCUT2D eigenvalue weighted by Crippen LogP contribution is 2.30. The van der Waals surface area contributed by atoms with Gasteiger partial charge in [0.1, 0.15) is 29.2 Å². The Morgan fingerprint density at radius 3 is 3.21 bits per heavy atom. The second-order valence-electron chi connectivity index (χ2n) is 6.44. The Labute approximate surface area is 141 Å². The minimum absolute atomic E-state index is 0.0202. The number of nitrogens with one attached hydrogen (secondary N) is 2. The van der Waals surface area contributed by atoms with Crippen LogP contribution in [0.15, 0.2) is 35.6 Å². The van der Waals surface area contributed by atoms with Gasteiger partial charge in [0.15, 0.2) is 0 Å². The molecular weight excluding hydrogens is 302 g/mol. The summed E-state index contributed by atoms with van der Waals surface area (Å²) in [5, 5.41) is 6.86. The zero-order chi connectivity index (χ0) is 16.4. The van der Waals surface area contributed by atoms with E-state index in [4.69, 9.17) is 10.7 Å². The monoisotopic (exact) mass is 325 g/mol. The van der Waals surface area contributed by atoms with Gasteiger partial charge in [0, 0.05) is 12.7 Å². The molecule has 7 heteroatoms. The van der Waals surface area contributed by atoms with E-state index in [1.807, 2.05) is 24.4 Å². The number of hydrogen-bond acceptors (Lipinski definition) is 7. The molecule has 7 nitrogen and oxygen atoms in total. The molecule has 1 aromatic heterocycles. The molecule has 24 heavy (non-hydrogen) atoms. The molecule has 3 aliphatic heterocycles. The van der Waals surface area contributed by atoms with E-state index in [1.165, 1.54) is 12.8 Å². The normalized spacial score (nSPS) is 25.5. The van der Waals surface area contributed by atoms with Crippen LogP contribution in [0.2, 0.25) is 0 Å². The number of amidine groups is 1. The molecule has 0 spiro atoms. The van der Waals surface area contributed by atoms with E-state index < -0.39 is 0 Å². The Kier molecular flexibility index (Phi) is 4.17. The number of nitrogen functional groups attached to an aromatic ring is 1. The Morgan fingerprint density at radius 2 is 2.33 bits per heavy atom. The predicted octanol–water partition coefficient (Wildman–Crippen LogP) is 1.31. The number of piperidine rings is 1. The molecule has 0 bridgehead atoms. The maximum Gasteiger partial charge on any atom is 0.147 e. The molecule has 1 fully saturated rings. The second kappa shape index (κ2) is 6.60. The van der Waals surface area contributed by atoms with Crippen molar-refractivity contribution in [2.75, 3.05) is 37.2 Å². The zero-order valence-electron chi connectivity index (χ0n) is 13.7. The number of allylic oxidation sites excluding steroid dienone is 2. The van der Waals surface area contributed by atoms with Gasteiger partial charge in [0.25, 0.3) is 0 Å². The van der Waals surface area contributed by atoms with Crippen molar-refractivity contribution >= 4 is 17.5 Å². The van der Waals surface area contributed by atoms with Gasteiger partial charge in [-0.15, -0.1) is 0 Å². The first-order chi connectivity index (χ1) is 11.8. The summed E-state index contributed by atoms with van der Waals surface area (Å²) in [4.78, 5) is 15.7. The van der Waals surface area contributed by atoms with Crippen molar-refractivity contribution in [2.24, 2.45) is 10.9 Å². The Hall–Kier alpha value is -2.41. The fourth-order valence-corrected chi connectivity index (χ4v) is 3.42. The average Bonchev–Trinajstić information content (AvgIpc) is 3.06. The Morgan fingerprint density at radius 1 is 1.38 bits per heavy atom. The number of nitrogens with zero attached hydrogens (tertiary/aromatic N) is 4. The van der Waals surface area contributed by atoms with E-state index in [2.05, 4.69) is 25.5 Å². The van der Waals surface area contributed by atoms with Gasteiger partial charge in [-0.25, -0.2) is 9.97 Å². The number of nitrogens with two attached hydrogens (primary N) is 1. The van der Waals surface area contributed by atoms with Crippen molar-refractivity contribution in [1.29, 1.82) is 0 Å². The number of anilines is 2. The first-order valence-electron chi connectivity index (χ1n) is 8.56. The zero-order valence-corrected chi connectivity index (χ0v) is 13.7. The molecule has 4 N–H and O–H groups in total. The lowest BCUT2D eigenvalue weighted by Gasteiger charge is -2.25. The molecule has 1 saturated heterocycles. The van der Waals surface area contributed by atoms with Gasteiger partial charge in [-0.2, -0.15) is 0 Å². The van der Waals surface area contributed by atoms with Crippen molar-refractivity contribution in [3.8, 4) is 0 Å².